The van der Waals surface area contributed by atoms with Gasteiger partial charge in [-0.25, -0.2) is 0 Å². The third kappa shape index (κ3) is 10.4. The van der Waals surface area contributed by atoms with Gasteiger partial charge in [0.1, 0.15) is 5.60 Å². The van der Waals surface area contributed by atoms with Gasteiger partial charge in [-0.15, -0.1) is 0 Å². The van der Waals surface area contributed by atoms with Crippen LogP contribution in [0.1, 0.15) is 120 Å². The number of halogens is 3. The van der Waals surface area contributed by atoms with Crippen LogP contribution in [0.25, 0.3) is 0 Å². The van der Waals surface area contributed by atoms with Crippen molar-refractivity contribution in [3.63, 3.8) is 0 Å². The zero-order valence-electron chi connectivity index (χ0n) is 44.3. The fraction of sp³-hybridized carbons (Fsp3) is 0.907. The quantitative estimate of drug-likeness (QED) is 0.0972. The monoisotopic (exact) mass is 1060 g/mol. The third-order valence-corrected chi connectivity index (χ3v) is 19.2. The molecule has 0 spiro atoms. The predicted octanol–water partition coefficient (Wildman–Crippen LogP) is 9.44. The number of hydrogen-bond acceptors (Lipinski definition) is 14. The van der Waals surface area contributed by atoms with Crippen molar-refractivity contribution in [1.29, 1.82) is 0 Å². The van der Waals surface area contributed by atoms with Crippen LogP contribution in [0.4, 0.5) is 0 Å². The maximum absolute atomic E-state index is 13.1. The molecule has 14 nitrogen and oxygen atoms in total. The predicted molar refractivity (Wildman–Crippen MR) is 265 cm³/mol. The number of alkyl halides is 3. The van der Waals surface area contributed by atoms with Gasteiger partial charge in [-0.05, 0) is 190 Å². The summed E-state index contributed by atoms with van der Waals surface area (Å²) in [6, 6.07) is 0. The summed E-state index contributed by atoms with van der Waals surface area (Å²) in [5.74, 6) is 0.438. The smallest absolute Gasteiger partial charge is 0.340 e. The number of esters is 5. The Morgan fingerprint density at radius 3 is 0.972 bits per heavy atom. The Morgan fingerprint density at radius 2 is 0.690 bits per heavy atom. The van der Waals surface area contributed by atoms with Gasteiger partial charge in [0.25, 0.3) is 0 Å². The first kappa shape index (κ1) is 56.8. The molecule has 0 aromatic carbocycles. The SMILES string of the molecule is CCC1OC(CC)C2C3CC(C(C(=O)OC(C)(C)C)C3C(=O)OC(Cl)(Cl)Cl)C12.CCC1OC(CC)C2C3CC(C(C(=O)OC)C3C(=O)OC)C12.CCC1OC(CC)C2C3CC(C(COC)C3C(=O)OC)C12. The second-order valence-corrected chi connectivity index (χ2v) is 25.1. The maximum atomic E-state index is 13.1. The molecular weight excluding hydrogens is 979 g/mol. The molecule has 6 saturated carbocycles. The van der Waals surface area contributed by atoms with E-state index in [1.165, 1.54) is 21.3 Å². The number of carbonyl (C=O) groups excluding carboxylic acids is 5. The first-order chi connectivity index (χ1) is 33.6. The summed E-state index contributed by atoms with van der Waals surface area (Å²) in [5, 5.41) is 0. The molecule has 9 rings (SSSR count). The van der Waals surface area contributed by atoms with Gasteiger partial charge in [0.05, 0.1) is 94.1 Å². The van der Waals surface area contributed by atoms with Crippen molar-refractivity contribution in [2.45, 2.75) is 166 Å². The molecule has 24 atom stereocenters. The molecule has 3 heterocycles. The fourth-order valence-electron chi connectivity index (χ4n) is 17.2. The van der Waals surface area contributed by atoms with E-state index in [0.29, 0.717) is 60.2 Å². The standard InChI is InChI=1S/C20H29Cl3O5.C17H26O5.C17H28O4/c1-6-11-13-9-8-10(14(13)12(7-2)26-11)16(18(25)28-20(21,22)23)15(9)17(24)27-19(3,4)5;1-5-10-12-8-7-9(13(12)11(6-2)22-10)15(17(19)21-4)14(8)16(18)20-3;1-5-12-15-9-7-10(16(15)13(6-2)21-12)14(17(18)20-4)11(9)8-19-3/h9-16H,6-8H2,1-5H3;8-15H,5-7H2,1-4H3;9-16H,5-8H2,1-4H3. The molecule has 24 unspecified atom stereocenters. The van der Waals surface area contributed by atoms with Crippen molar-refractivity contribution in [2.75, 3.05) is 35.0 Å². The van der Waals surface area contributed by atoms with E-state index in [4.69, 9.17) is 77.4 Å². The molecule has 404 valence electrons. The number of rotatable bonds is 13. The molecule has 3 aliphatic heterocycles. The Labute approximate surface area is 437 Å². The average molecular weight is 1060 g/mol. The van der Waals surface area contributed by atoms with Gasteiger partial charge in [-0.3, -0.25) is 24.0 Å². The van der Waals surface area contributed by atoms with Crippen LogP contribution in [-0.2, 0) is 66.6 Å². The van der Waals surface area contributed by atoms with Crippen molar-refractivity contribution in [1.82, 2.24) is 0 Å². The lowest BCUT2D eigenvalue weighted by Gasteiger charge is -2.38. The summed E-state index contributed by atoms with van der Waals surface area (Å²) in [4.78, 5) is 62.9. The minimum atomic E-state index is -2.15. The molecule has 0 N–H and O–H groups in total. The highest BCUT2D eigenvalue weighted by atomic mass is 35.6. The van der Waals surface area contributed by atoms with E-state index in [0.717, 1.165) is 57.8 Å². The number of carbonyl (C=O) groups is 5. The second-order valence-electron chi connectivity index (χ2n) is 23.0. The van der Waals surface area contributed by atoms with Crippen LogP contribution in [0.15, 0.2) is 0 Å². The maximum Gasteiger partial charge on any atom is 0.340 e. The van der Waals surface area contributed by atoms with Gasteiger partial charge in [0.15, 0.2) is 0 Å². The van der Waals surface area contributed by atoms with Crippen LogP contribution < -0.4 is 0 Å². The normalized spacial score (nSPS) is 43.9. The van der Waals surface area contributed by atoms with Crippen LogP contribution in [0.5, 0.6) is 0 Å². The lowest BCUT2D eigenvalue weighted by atomic mass is 9.65. The van der Waals surface area contributed by atoms with Crippen molar-refractivity contribution >= 4 is 64.6 Å². The Kier molecular flexibility index (Phi) is 18.2. The summed E-state index contributed by atoms with van der Waals surface area (Å²) < 4.78 is 47.9. The van der Waals surface area contributed by atoms with Crippen LogP contribution >= 0.6 is 34.8 Å². The van der Waals surface area contributed by atoms with Crippen LogP contribution in [0, 0.1) is 107 Å². The summed E-state index contributed by atoms with van der Waals surface area (Å²) in [7, 11) is 6.04. The van der Waals surface area contributed by atoms with E-state index >= 15 is 0 Å². The number of methoxy groups -OCH3 is 4. The number of hydrogen-bond donors (Lipinski definition) is 0. The number of fused-ring (bicyclic) bond motifs is 15. The van der Waals surface area contributed by atoms with Crippen molar-refractivity contribution in [3.05, 3.63) is 0 Å². The molecule has 17 heteroatoms. The zero-order chi connectivity index (χ0) is 52.2. The highest BCUT2D eigenvalue weighted by molar-refractivity contribution is 6.66. The highest BCUT2D eigenvalue weighted by Gasteiger charge is 2.70. The Bertz CT molecular complexity index is 1810. The van der Waals surface area contributed by atoms with E-state index in [-0.39, 0.29) is 102 Å². The van der Waals surface area contributed by atoms with E-state index in [2.05, 4.69) is 41.5 Å². The Balaban J connectivity index is 0.000000159. The van der Waals surface area contributed by atoms with E-state index in [9.17, 15) is 24.0 Å². The Hall–Kier alpha value is -1.94. The molecule has 3 saturated heterocycles. The van der Waals surface area contributed by atoms with E-state index < -0.39 is 27.4 Å². The zero-order valence-corrected chi connectivity index (χ0v) is 46.5. The van der Waals surface area contributed by atoms with Gasteiger partial charge in [0, 0.05) is 7.11 Å². The van der Waals surface area contributed by atoms with Crippen LogP contribution in [-0.4, -0.2) is 111 Å². The second kappa shape index (κ2) is 22.7. The summed E-state index contributed by atoms with van der Waals surface area (Å²) in [5.41, 5.74) is -0.649. The average Bonchev–Trinajstić information content (AvgIpc) is 4.20. The minimum absolute atomic E-state index is 0.00876. The lowest BCUT2D eigenvalue weighted by Crippen LogP contribution is -2.47. The van der Waals surface area contributed by atoms with Crippen molar-refractivity contribution in [3.8, 4) is 0 Å². The third-order valence-electron chi connectivity index (χ3n) is 19.0. The molecule has 71 heavy (non-hydrogen) atoms. The minimum Gasteiger partial charge on any atom is -0.469 e. The lowest BCUT2D eigenvalue weighted by molar-refractivity contribution is -0.173. The van der Waals surface area contributed by atoms with E-state index in [1.807, 2.05) is 20.8 Å². The molecular formula is C54H83Cl3O14. The molecule has 0 amide bonds. The van der Waals surface area contributed by atoms with Gasteiger partial charge >= 0.3 is 33.8 Å². The Morgan fingerprint density at radius 1 is 0.423 bits per heavy atom. The van der Waals surface area contributed by atoms with Crippen molar-refractivity contribution < 1.29 is 66.6 Å². The van der Waals surface area contributed by atoms with Gasteiger partial charge in [-0.2, -0.15) is 0 Å². The molecule has 6 bridgehead atoms. The van der Waals surface area contributed by atoms with Crippen molar-refractivity contribution in [2.24, 2.45) is 107 Å². The van der Waals surface area contributed by atoms with Gasteiger partial charge in [0.2, 0.25) is 0 Å². The van der Waals surface area contributed by atoms with Crippen LogP contribution in [0.2, 0.25) is 0 Å². The molecule has 0 aromatic heterocycles. The fourth-order valence-corrected chi connectivity index (χ4v) is 17.5. The first-order valence-corrected chi connectivity index (χ1v) is 28.0. The summed E-state index contributed by atoms with van der Waals surface area (Å²) in [6.45, 7) is 19.0. The summed E-state index contributed by atoms with van der Waals surface area (Å²) >= 11 is 17.1. The van der Waals surface area contributed by atoms with E-state index in [1.54, 1.807) is 7.11 Å². The molecule has 0 radical (unpaired) electrons. The highest BCUT2D eigenvalue weighted by Crippen LogP contribution is 2.67. The van der Waals surface area contributed by atoms with Crippen LogP contribution in [0.3, 0.4) is 0 Å². The molecule has 0 aromatic rings. The topological polar surface area (TPSA) is 168 Å². The molecule has 6 aliphatic carbocycles. The first-order valence-electron chi connectivity index (χ1n) is 26.8. The van der Waals surface area contributed by atoms with Gasteiger partial charge < -0.3 is 42.6 Å². The summed E-state index contributed by atoms with van der Waals surface area (Å²) in [6.07, 6.45) is 9.90. The molecule has 9 aliphatic rings. The van der Waals surface area contributed by atoms with Gasteiger partial charge in [-0.1, -0.05) is 41.5 Å². The number of ether oxygens (including phenoxy) is 9. The molecule has 9 fully saturated rings. The largest absolute Gasteiger partial charge is 0.469 e.